The maximum absolute atomic E-state index is 12.3. The van der Waals surface area contributed by atoms with Gasteiger partial charge in [0.25, 0.3) is 0 Å². The zero-order valence-electron chi connectivity index (χ0n) is 10.3. The smallest absolute Gasteiger partial charge is 0.169 e. The van der Waals surface area contributed by atoms with Crippen LogP contribution in [0.4, 0.5) is 0 Å². The number of hydrogen-bond donors (Lipinski definition) is 1. The van der Waals surface area contributed by atoms with Crippen molar-refractivity contribution in [1.82, 2.24) is 5.32 Å². The molecule has 4 nitrogen and oxygen atoms in total. The van der Waals surface area contributed by atoms with Crippen LogP contribution in [-0.4, -0.2) is 38.2 Å². The minimum absolute atomic E-state index is 0.0106. The predicted octanol–water partition coefficient (Wildman–Crippen LogP) is 1.18. The van der Waals surface area contributed by atoms with Gasteiger partial charge in [-0.1, -0.05) is 12.1 Å². The van der Waals surface area contributed by atoms with E-state index in [1.54, 1.807) is 0 Å². The van der Waals surface area contributed by atoms with Crippen LogP contribution in [0.5, 0.6) is 5.75 Å². The number of Topliss-reactive ketones (excluding diaryl/α,β-unsaturated/α-hetero) is 1. The number of morpholine rings is 1. The summed E-state index contributed by atoms with van der Waals surface area (Å²) in [6, 6.07) is 5.81. The van der Waals surface area contributed by atoms with Gasteiger partial charge in [-0.05, 0) is 11.6 Å². The predicted molar refractivity (Wildman–Crippen MR) is 67.2 cm³/mol. The highest BCUT2D eigenvalue weighted by atomic mass is 16.5. The van der Waals surface area contributed by atoms with E-state index in [1.807, 2.05) is 18.2 Å². The van der Waals surface area contributed by atoms with Crippen LogP contribution in [-0.2, 0) is 11.2 Å². The molecule has 4 heteroatoms. The van der Waals surface area contributed by atoms with Crippen LogP contribution in [0.15, 0.2) is 18.2 Å². The Labute approximate surface area is 106 Å². The number of benzene rings is 1. The summed E-state index contributed by atoms with van der Waals surface area (Å²) < 4.78 is 11.1. The molecule has 3 rings (SSSR count). The summed E-state index contributed by atoms with van der Waals surface area (Å²) in [5.74, 6) is 0.897. The molecular formula is C14H17NO3. The summed E-state index contributed by atoms with van der Waals surface area (Å²) in [5, 5.41) is 3.24. The first kappa shape index (κ1) is 11.7. The number of fused-ring (bicyclic) bond motifs is 1. The summed E-state index contributed by atoms with van der Waals surface area (Å²) in [5.41, 5.74) is 1.85. The molecular weight excluding hydrogens is 230 g/mol. The Balaban J connectivity index is 1.74. The van der Waals surface area contributed by atoms with Crippen molar-refractivity contribution in [3.8, 4) is 5.75 Å². The lowest BCUT2D eigenvalue weighted by Crippen LogP contribution is -2.39. The quantitative estimate of drug-likeness (QED) is 0.815. The van der Waals surface area contributed by atoms with Crippen molar-refractivity contribution in [1.29, 1.82) is 0 Å². The van der Waals surface area contributed by atoms with Gasteiger partial charge in [0.05, 0.1) is 24.9 Å². The highest BCUT2D eigenvalue weighted by Crippen LogP contribution is 2.30. The number of carbonyl (C=O) groups excluding carboxylic acids is 1. The average molecular weight is 247 g/mol. The van der Waals surface area contributed by atoms with Crippen LogP contribution in [0, 0.1) is 0 Å². The van der Waals surface area contributed by atoms with Gasteiger partial charge in [0.15, 0.2) is 5.78 Å². The van der Waals surface area contributed by atoms with E-state index < -0.39 is 0 Å². The normalized spacial score (nSPS) is 22.3. The summed E-state index contributed by atoms with van der Waals surface area (Å²) >= 11 is 0. The molecule has 1 saturated heterocycles. The van der Waals surface area contributed by atoms with E-state index in [4.69, 9.17) is 9.47 Å². The minimum Gasteiger partial charge on any atom is -0.492 e. The zero-order valence-corrected chi connectivity index (χ0v) is 10.3. The fourth-order valence-electron chi connectivity index (χ4n) is 2.50. The molecule has 0 bridgehead atoms. The third kappa shape index (κ3) is 2.26. The summed E-state index contributed by atoms with van der Waals surface area (Å²) in [6.07, 6.45) is 1.31. The number of ketones is 1. The van der Waals surface area contributed by atoms with Crippen molar-refractivity contribution < 1.29 is 14.3 Å². The first-order valence-corrected chi connectivity index (χ1v) is 6.45. The molecule has 2 aliphatic rings. The third-order valence-electron chi connectivity index (χ3n) is 3.43. The molecule has 1 N–H and O–H groups in total. The maximum Gasteiger partial charge on any atom is 0.169 e. The molecule has 0 radical (unpaired) electrons. The lowest BCUT2D eigenvalue weighted by atomic mass is 10.0. The van der Waals surface area contributed by atoms with Gasteiger partial charge >= 0.3 is 0 Å². The lowest BCUT2D eigenvalue weighted by Gasteiger charge is -2.23. The van der Waals surface area contributed by atoms with Crippen molar-refractivity contribution in [2.75, 3.05) is 26.3 Å². The Morgan fingerprint density at radius 2 is 2.33 bits per heavy atom. The van der Waals surface area contributed by atoms with E-state index in [0.29, 0.717) is 25.2 Å². The molecule has 2 heterocycles. The molecule has 18 heavy (non-hydrogen) atoms. The number of nitrogens with one attached hydrogen (secondary N) is 1. The van der Waals surface area contributed by atoms with E-state index in [1.165, 1.54) is 0 Å². The van der Waals surface area contributed by atoms with Crippen molar-refractivity contribution in [2.24, 2.45) is 0 Å². The SMILES string of the molecule is O=C(CC1CNCCO1)c1cccc2c1OCC2. The van der Waals surface area contributed by atoms with Crippen LogP contribution >= 0.6 is 0 Å². The first-order valence-electron chi connectivity index (χ1n) is 6.45. The third-order valence-corrected chi connectivity index (χ3v) is 3.43. The highest BCUT2D eigenvalue weighted by Gasteiger charge is 2.23. The van der Waals surface area contributed by atoms with Gasteiger partial charge in [-0.2, -0.15) is 0 Å². The number of para-hydroxylation sites is 1. The van der Waals surface area contributed by atoms with E-state index in [9.17, 15) is 4.79 Å². The lowest BCUT2D eigenvalue weighted by molar-refractivity contribution is 0.0239. The Hall–Kier alpha value is -1.39. The van der Waals surface area contributed by atoms with E-state index in [0.717, 1.165) is 30.8 Å². The van der Waals surface area contributed by atoms with Gasteiger partial charge in [-0.3, -0.25) is 4.79 Å². The molecule has 1 fully saturated rings. The summed E-state index contributed by atoms with van der Waals surface area (Å²) in [7, 11) is 0. The molecule has 1 atom stereocenters. The fourth-order valence-corrected chi connectivity index (χ4v) is 2.50. The molecule has 96 valence electrons. The van der Waals surface area contributed by atoms with E-state index >= 15 is 0 Å². The summed E-state index contributed by atoms with van der Waals surface area (Å²) in [6.45, 7) is 2.98. The monoisotopic (exact) mass is 247 g/mol. The molecule has 2 aliphatic heterocycles. The van der Waals surface area contributed by atoms with Crippen LogP contribution < -0.4 is 10.1 Å². The Morgan fingerprint density at radius 3 is 3.17 bits per heavy atom. The van der Waals surface area contributed by atoms with E-state index in [-0.39, 0.29) is 11.9 Å². The standard InChI is InChI=1S/C14H17NO3/c16-13(8-11-9-15-5-7-17-11)12-3-1-2-10-4-6-18-14(10)12/h1-3,11,15H,4-9H2. The van der Waals surface area contributed by atoms with Crippen molar-refractivity contribution in [2.45, 2.75) is 18.9 Å². The molecule has 1 aromatic rings. The van der Waals surface area contributed by atoms with Gasteiger partial charge in [-0.25, -0.2) is 0 Å². The van der Waals surface area contributed by atoms with Gasteiger partial charge in [-0.15, -0.1) is 0 Å². The molecule has 1 unspecified atom stereocenters. The van der Waals surface area contributed by atoms with Crippen molar-refractivity contribution in [3.63, 3.8) is 0 Å². The molecule has 0 aromatic heterocycles. The second-order valence-electron chi connectivity index (χ2n) is 4.72. The highest BCUT2D eigenvalue weighted by molar-refractivity contribution is 5.99. The Morgan fingerprint density at radius 1 is 1.39 bits per heavy atom. The molecule has 1 aromatic carbocycles. The number of hydrogen-bond acceptors (Lipinski definition) is 4. The van der Waals surface area contributed by atoms with Crippen LogP contribution in [0.2, 0.25) is 0 Å². The number of ether oxygens (including phenoxy) is 2. The largest absolute Gasteiger partial charge is 0.492 e. The zero-order chi connectivity index (χ0) is 12.4. The van der Waals surface area contributed by atoms with Crippen molar-refractivity contribution in [3.05, 3.63) is 29.3 Å². The van der Waals surface area contributed by atoms with Crippen LogP contribution in [0.3, 0.4) is 0 Å². The molecule has 0 amide bonds. The fraction of sp³-hybridized carbons (Fsp3) is 0.500. The maximum atomic E-state index is 12.3. The molecule has 0 aliphatic carbocycles. The Bertz CT molecular complexity index is 452. The first-order chi connectivity index (χ1) is 8.84. The topological polar surface area (TPSA) is 47.6 Å². The van der Waals surface area contributed by atoms with Crippen LogP contribution in [0.25, 0.3) is 0 Å². The average Bonchev–Trinajstić information content (AvgIpc) is 2.87. The van der Waals surface area contributed by atoms with Gasteiger partial charge in [0.1, 0.15) is 5.75 Å². The van der Waals surface area contributed by atoms with E-state index in [2.05, 4.69) is 5.32 Å². The number of rotatable bonds is 3. The Kier molecular flexibility index (Phi) is 3.30. The van der Waals surface area contributed by atoms with Crippen molar-refractivity contribution >= 4 is 5.78 Å². The molecule has 0 spiro atoms. The minimum atomic E-state index is -0.0106. The number of carbonyl (C=O) groups is 1. The second-order valence-corrected chi connectivity index (χ2v) is 4.72. The summed E-state index contributed by atoms with van der Waals surface area (Å²) in [4.78, 5) is 12.3. The van der Waals surface area contributed by atoms with Gasteiger partial charge in [0, 0.05) is 25.9 Å². The molecule has 0 saturated carbocycles. The van der Waals surface area contributed by atoms with Crippen LogP contribution in [0.1, 0.15) is 22.3 Å². The second kappa shape index (κ2) is 5.08. The van der Waals surface area contributed by atoms with Gasteiger partial charge < -0.3 is 14.8 Å². The van der Waals surface area contributed by atoms with Gasteiger partial charge in [0.2, 0.25) is 0 Å².